The molecule has 0 atom stereocenters. The minimum absolute atomic E-state index is 0.951. The maximum absolute atomic E-state index is 2.39. The van der Waals surface area contributed by atoms with Gasteiger partial charge in [0.15, 0.2) is 0 Å². The number of nitrogens with zero attached hydrogens (tertiary/aromatic N) is 1. The Bertz CT molecular complexity index is 1680. The Morgan fingerprint density at radius 2 is 1.15 bits per heavy atom. The van der Waals surface area contributed by atoms with Crippen LogP contribution in [0.25, 0.3) is 50.3 Å². The van der Waals surface area contributed by atoms with Gasteiger partial charge in [-0.3, -0.25) is 0 Å². The van der Waals surface area contributed by atoms with Crippen molar-refractivity contribution in [1.82, 2.24) is 4.57 Å². The van der Waals surface area contributed by atoms with Gasteiger partial charge in [0.2, 0.25) is 0 Å². The second kappa shape index (κ2) is 7.60. The molecule has 0 fully saturated rings. The highest BCUT2D eigenvalue weighted by atomic mass is 15.0. The van der Waals surface area contributed by atoms with E-state index in [-0.39, 0.29) is 0 Å². The molecule has 1 heterocycles. The summed E-state index contributed by atoms with van der Waals surface area (Å²) in [5.74, 6) is 0. The van der Waals surface area contributed by atoms with Crippen LogP contribution in [0, 0.1) is 0 Å². The van der Waals surface area contributed by atoms with E-state index < -0.39 is 0 Å². The molecule has 0 saturated carbocycles. The average molecular weight is 434 g/mol. The van der Waals surface area contributed by atoms with Crippen LogP contribution in [0.3, 0.4) is 0 Å². The minimum atomic E-state index is 0.951. The molecule has 0 unspecified atom stereocenters. The fraction of sp³-hybridized carbons (Fsp3) is 0.0303. The Hall–Kier alpha value is -4.36. The maximum Gasteiger partial charge on any atom is 0.0541 e. The van der Waals surface area contributed by atoms with Crippen molar-refractivity contribution >= 4 is 33.5 Å². The summed E-state index contributed by atoms with van der Waals surface area (Å²) in [7, 11) is 0. The summed E-state index contributed by atoms with van der Waals surface area (Å²) in [6, 6.07) is 43.9. The molecule has 1 nitrogen and oxygen atoms in total. The van der Waals surface area contributed by atoms with Crippen molar-refractivity contribution in [1.29, 1.82) is 0 Å². The smallest absolute Gasteiger partial charge is 0.0541 e. The molecule has 1 aromatic heterocycles. The Kier molecular flexibility index (Phi) is 4.28. The Labute approximate surface area is 199 Å². The lowest BCUT2D eigenvalue weighted by atomic mass is 9.82. The summed E-state index contributed by atoms with van der Waals surface area (Å²) in [5, 5.41) is 2.58. The Morgan fingerprint density at radius 3 is 1.91 bits per heavy atom. The second-order valence-electron chi connectivity index (χ2n) is 9.01. The minimum Gasteiger partial charge on any atom is -0.309 e. The SMILES string of the molecule is C(=C1\Cc2ccccc2-c2ccccc21)/c1cccc(-n2c3ccccc3c3ccccc32)c1. The fourth-order valence-electron chi connectivity index (χ4n) is 5.52. The Balaban J connectivity index is 1.40. The highest BCUT2D eigenvalue weighted by Gasteiger charge is 2.19. The van der Waals surface area contributed by atoms with Gasteiger partial charge in [-0.25, -0.2) is 0 Å². The Morgan fingerprint density at radius 1 is 0.529 bits per heavy atom. The molecule has 0 radical (unpaired) electrons. The number of aromatic nitrogens is 1. The molecule has 160 valence electrons. The monoisotopic (exact) mass is 433 g/mol. The fourth-order valence-corrected chi connectivity index (χ4v) is 5.52. The van der Waals surface area contributed by atoms with Crippen LogP contribution in [-0.2, 0) is 6.42 Å². The first-order valence-corrected chi connectivity index (χ1v) is 11.8. The quantitative estimate of drug-likeness (QED) is 0.258. The van der Waals surface area contributed by atoms with Crippen LogP contribution in [0.2, 0.25) is 0 Å². The van der Waals surface area contributed by atoms with Crippen LogP contribution < -0.4 is 0 Å². The van der Waals surface area contributed by atoms with Crippen molar-refractivity contribution < 1.29 is 0 Å². The maximum atomic E-state index is 2.39. The zero-order valence-electron chi connectivity index (χ0n) is 18.8. The molecule has 7 rings (SSSR count). The average Bonchev–Trinajstić information content (AvgIpc) is 3.24. The van der Waals surface area contributed by atoms with Crippen molar-refractivity contribution in [3.63, 3.8) is 0 Å². The van der Waals surface area contributed by atoms with Crippen LogP contribution >= 0.6 is 0 Å². The molecule has 0 aliphatic heterocycles. The molecule has 5 aromatic carbocycles. The summed E-state index contributed by atoms with van der Waals surface area (Å²) in [5.41, 5.74) is 11.7. The lowest BCUT2D eigenvalue weighted by molar-refractivity contribution is 1.18. The molecule has 1 aliphatic rings. The molecule has 0 N–H and O–H groups in total. The highest BCUT2D eigenvalue weighted by molar-refractivity contribution is 6.09. The van der Waals surface area contributed by atoms with Gasteiger partial charge in [0.05, 0.1) is 11.0 Å². The summed E-state index contributed by atoms with van der Waals surface area (Å²) in [6.07, 6.45) is 3.32. The summed E-state index contributed by atoms with van der Waals surface area (Å²) >= 11 is 0. The molecule has 34 heavy (non-hydrogen) atoms. The lowest BCUT2D eigenvalue weighted by Gasteiger charge is -2.22. The van der Waals surface area contributed by atoms with Gasteiger partial charge >= 0.3 is 0 Å². The molecular weight excluding hydrogens is 410 g/mol. The van der Waals surface area contributed by atoms with Gasteiger partial charge in [0, 0.05) is 16.5 Å². The van der Waals surface area contributed by atoms with Crippen LogP contribution in [0.4, 0.5) is 0 Å². The first-order chi connectivity index (χ1) is 16.9. The van der Waals surface area contributed by atoms with E-state index in [4.69, 9.17) is 0 Å². The van der Waals surface area contributed by atoms with Crippen molar-refractivity contribution in [2.45, 2.75) is 6.42 Å². The summed E-state index contributed by atoms with van der Waals surface area (Å²) in [4.78, 5) is 0. The van der Waals surface area contributed by atoms with E-state index in [1.165, 1.54) is 60.9 Å². The zero-order valence-corrected chi connectivity index (χ0v) is 18.8. The molecule has 6 aromatic rings. The van der Waals surface area contributed by atoms with E-state index in [2.05, 4.69) is 132 Å². The van der Waals surface area contributed by atoms with E-state index in [9.17, 15) is 0 Å². The van der Waals surface area contributed by atoms with E-state index in [0.717, 1.165) is 6.42 Å². The van der Waals surface area contributed by atoms with Crippen molar-refractivity contribution in [3.8, 4) is 16.8 Å². The zero-order chi connectivity index (χ0) is 22.5. The first-order valence-electron chi connectivity index (χ1n) is 11.8. The first kappa shape index (κ1) is 19.1. The third kappa shape index (κ3) is 2.94. The molecule has 0 bridgehead atoms. The second-order valence-corrected chi connectivity index (χ2v) is 9.01. The van der Waals surface area contributed by atoms with E-state index in [1.807, 2.05) is 0 Å². The van der Waals surface area contributed by atoms with Crippen molar-refractivity contribution in [2.75, 3.05) is 0 Å². The van der Waals surface area contributed by atoms with Gasteiger partial charge in [0.25, 0.3) is 0 Å². The number of rotatable bonds is 2. The van der Waals surface area contributed by atoms with E-state index >= 15 is 0 Å². The third-order valence-electron chi connectivity index (χ3n) is 7.01. The summed E-state index contributed by atoms with van der Waals surface area (Å²) in [6.45, 7) is 0. The standard InChI is InChI=1S/C33H23N/c1-2-13-27-24(11-1)22-25(28-14-3-4-15-29(27)28)20-23-10-9-12-26(21-23)34-32-18-7-5-16-30(32)31-17-6-8-19-33(31)34/h1-21H,22H2/b25-20-. The number of allylic oxidation sites excluding steroid dienone is 1. The molecule has 1 heteroatoms. The van der Waals surface area contributed by atoms with Crippen molar-refractivity contribution in [2.24, 2.45) is 0 Å². The predicted octanol–water partition coefficient (Wildman–Crippen LogP) is 8.55. The number of hydrogen-bond acceptors (Lipinski definition) is 0. The molecule has 0 amide bonds. The topological polar surface area (TPSA) is 4.93 Å². The summed E-state index contributed by atoms with van der Waals surface area (Å²) < 4.78 is 2.39. The third-order valence-corrected chi connectivity index (χ3v) is 7.01. The van der Waals surface area contributed by atoms with Gasteiger partial charge in [-0.2, -0.15) is 0 Å². The number of para-hydroxylation sites is 2. The molecule has 1 aliphatic carbocycles. The largest absolute Gasteiger partial charge is 0.309 e. The lowest BCUT2D eigenvalue weighted by Crippen LogP contribution is -2.03. The predicted molar refractivity (Wildman–Crippen MR) is 144 cm³/mol. The van der Waals surface area contributed by atoms with Crippen LogP contribution in [-0.4, -0.2) is 4.57 Å². The van der Waals surface area contributed by atoms with Gasteiger partial charge in [0.1, 0.15) is 0 Å². The highest BCUT2D eigenvalue weighted by Crippen LogP contribution is 2.40. The van der Waals surface area contributed by atoms with Crippen LogP contribution in [0.15, 0.2) is 121 Å². The molecule has 0 saturated heterocycles. The van der Waals surface area contributed by atoms with Gasteiger partial charge in [-0.05, 0) is 64.1 Å². The molecular formula is C33H23N. The van der Waals surface area contributed by atoms with Gasteiger partial charge in [-0.15, -0.1) is 0 Å². The normalized spacial score (nSPS) is 13.8. The van der Waals surface area contributed by atoms with Gasteiger partial charge in [-0.1, -0.05) is 103 Å². The number of fused-ring (bicyclic) bond motifs is 6. The van der Waals surface area contributed by atoms with E-state index in [0.29, 0.717) is 0 Å². The molecule has 0 spiro atoms. The van der Waals surface area contributed by atoms with E-state index in [1.54, 1.807) is 0 Å². The number of hydrogen-bond donors (Lipinski definition) is 0. The number of benzene rings is 5. The van der Waals surface area contributed by atoms with Crippen LogP contribution in [0.5, 0.6) is 0 Å². The van der Waals surface area contributed by atoms with Crippen molar-refractivity contribution in [3.05, 3.63) is 138 Å². The van der Waals surface area contributed by atoms with Gasteiger partial charge < -0.3 is 4.57 Å². The van der Waals surface area contributed by atoms with Crippen LogP contribution in [0.1, 0.15) is 16.7 Å².